The van der Waals surface area contributed by atoms with Crippen LogP contribution in [0.25, 0.3) is 0 Å². The van der Waals surface area contributed by atoms with Crippen molar-refractivity contribution in [2.75, 3.05) is 0 Å². The molecule has 0 radical (unpaired) electrons. The van der Waals surface area contributed by atoms with Gasteiger partial charge in [0.05, 0.1) is 12.4 Å². The first-order valence-corrected chi connectivity index (χ1v) is 6.31. The Hall–Kier alpha value is -2.63. The number of nitrogens with one attached hydrogen (secondary N) is 1. The Bertz CT molecular complexity index is 719. The molecule has 3 N–H and O–H groups in total. The number of phenols is 2. The van der Waals surface area contributed by atoms with Crippen molar-refractivity contribution in [1.82, 2.24) is 5.32 Å². The molecule has 0 saturated heterocycles. The molecule has 1 aliphatic rings. The molecule has 0 bridgehead atoms. The van der Waals surface area contributed by atoms with Gasteiger partial charge in [-0.3, -0.25) is 4.99 Å². The summed E-state index contributed by atoms with van der Waals surface area (Å²) in [6, 6.07) is 6.34. The molecule has 4 nitrogen and oxygen atoms in total. The quantitative estimate of drug-likeness (QED) is 0.797. The van der Waals surface area contributed by atoms with Crippen molar-refractivity contribution in [2.45, 2.75) is 12.1 Å². The fourth-order valence-corrected chi connectivity index (χ4v) is 2.42. The van der Waals surface area contributed by atoms with Gasteiger partial charge in [0, 0.05) is 23.3 Å². The summed E-state index contributed by atoms with van der Waals surface area (Å²) < 4.78 is 27.9. The number of nitrogens with zero attached hydrogens (tertiary/aromatic N) is 1. The van der Waals surface area contributed by atoms with Crippen molar-refractivity contribution in [2.24, 2.45) is 4.99 Å². The maximum Gasteiger partial charge on any atom is 0.132 e. The molecular formula is C15H12F2N2O2. The molecule has 0 saturated carbocycles. The van der Waals surface area contributed by atoms with Gasteiger partial charge in [-0.2, -0.15) is 0 Å². The Labute approximate surface area is 119 Å². The zero-order valence-electron chi connectivity index (χ0n) is 10.8. The van der Waals surface area contributed by atoms with Crippen LogP contribution in [0.15, 0.2) is 41.4 Å². The van der Waals surface area contributed by atoms with E-state index in [1.807, 2.05) is 0 Å². The zero-order chi connectivity index (χ0) is 15.0. The van der Waals surface area contributed by atoms with Crippen LogP contribution < -0.4 is 5.32 Å². The monoisotopic (exact) mass is 290 g/mol. The Morgan fingerprint density at radius 3 is 2.05 bits per heavy atom. The minimum absolute atomic E-state index is 0.178. The summed E-state index contributed by atoms with van der Waals surface area (Å²) in [5, 5.41) is 21.4. The first kappa shape index (κ1) is 13.4. The summed E-state index contributed by atoms with van der Waals surface area (Å²) in [5.41, 5.74) is 0.536. The van der Waals surface area contributed by atoms with Crippen molar-refractivity contribution in [3.63, 3.8) is 0 Å². The van der Waals surface area contributed by atoms with Crippen LogP contribution in [0.1, 0.15) is 23.2 Å². The van der Waals surface area contributed by atoms with Crippen molar-refractivity contribution < 1.29 is 19.0 Å². The van der Waals surface area contributed by atoms with E-state index in [1.54, 1.807) is 0 Å². The summed E-state index contributed by atoms with van der Waals surface area (Å²) in [6.07, 6.45) is 1.40. The maximum atomic E-state index is 14.0. The fraction of sp³-hybridized carbons (Fsp3) is 0.133. The van der Waals surface area contributed by atoms with E-state index in [0.29, 0.717) is 0 Å². The second kappa shape index (κ2) is 5.05. The Morgan fingerprint density at radius 2 is 1.48 bits per heavy atom. The Kier molecular flexibility index (Phi) is 3.21. The van der Waals surface area contributed by atoms with Gasteiger partial charge in [-0.1, -0.05) is 12.1 Å². The van der Waals surface area contributed by atoms with Crippen LogP contribution in [0.2, 0.25) is 0 Å². The number of benzene rings is 2. The second-order valence-electron chi connectivity index (χ2n) is 4.78. The fourth-order valence-electron chi connectivity index (χ4n) is 2.42. The van der Waals surface area contributed by atoms with Gasteiger partial charge in [0.25, 0.3) is 0 Å². The molecule has 2 aromatic rings. The van der Waals surface area contributed by atoms with Crippen LogP contribution in [0.3, 0.4) is 0 Å². The summed E-state index contributed by atoms with van der Waals surface area (Å²) >= 11 is 0. The average Bonchev–Trinajstić information content (AvgIpc) is 2.87. The number of phenolic OH excluding ortho intramolecular Hbond substituents is 2. The SMILES string of the molecule is Oc1ccc([C@H]2NC=N[C@H]2c2ccc(O)cc2F)c(F)c1. The molecule has 1 heterocycles. The molecule has 2 atom stereocenters. The summed E-state index contributed by atoms with van der Waals surface area (Å²) in [4.78, 5) is 4.13. The van der Waals surface area contributed by atoms with Crippen molar-refractivity contribution in [3.8, 4) is 11.5 Å². The highest BCUT2D eigenvalue weighted by molar-refractivity contribution is 5.60. The minimum atomic E-state index is -0.648. The van der Waals surface area contributed by atoms with E-state index in [0.717, 1.165) is 12.1 Å². The smallest absolute Gasteiger partial charge is 0.132 e. The average molecular weight is 290 g/mol. The molecule has 0 spiro atoms. The maximum absolute atomic E-state index is 14.0. The van der Waals surface area contributed by atoms with Crippen LogP contribution in [0, 0.1) is 11.6 Å². The predicted molar refractivity (Wildman–Crippen MR) is 73.2 cm³/mol. The van der Waals surface area contributed by atoms with Crippen LogP contribution >= 0.6 is 0 Å². The highest BCUT2D eigenvalue weighted by Gasteiger charge is 2.31. The van der Waals surface area contributed by atoms with Gasteiger partial charge in [0.1, 0.15) is 29.2 Å². The standard InChI is InChI=1S/C15H12F2N2O2/c16-12-5-8(20)1-3-10(12)14-15(19-7-18-14)11-4-2-9(21)6-13(11)17/h1-7,14-15,20-21H,(H,18,19)/t14-,15+. The van der Waals surface area contributed by atoms with E-state index >= 15 is 0 Å². The number of halogens is 2. The number of rotatable bonds is 2. The number of hydrogen-bond acceptors (Lipinski definition) is 4. The molecular weight excluding hydrogens is 278 g/mol. The Morgan fingerprint density at radius 1 is 0.905 bits per heavy atom. The van der Waals surface area contributed by atoms with Gasteiger partial charge in [0.2, 0.25) is 0 Å². The van der Waals surface area contributed by atoms with Crippen molar-refractivity contribution in [1.29, 1.82) is 0 Å². The third kappa shape index (κ3) is 2.40. The second-order valence-corrected chi connectivity index (χ2v) is 4.78. The van der Waals surface area contributed by atoms with Gasteiger partial charge >= 0.3 is 0 Å². The topological polar surface area (TPSA) is 64.8 Å². The summed E-state index contributed by atoms with van der Waals surface area (Å²) in [5.74, 6) is -1.56. The molecule has 6 heteroatoms. The lowest BCUT2D eigenvalue weighted by Gasteiger charge is -2.20. The lowest BCUT2D eigenvalue weighted by Crippen LogP contribution is -2.20. The van der Waals surface area contributed by atoms with E-state index in [-0.39, 0.29) is 22.6 Å². The Balaban J connectivity index is 2.00. The van der Waals surface area contributed by atoms with Gasteiger partial charge in [-0.25, -0.2) is 8.78 Å². The third-order valence-electron chi connectivity index (χ3n) is 3.43. The van der Waals surface area contributed by atoms with E-state index in [9.17, 15) is 19.0 Å². The molecule has 0 aromatic heterocycles. The molecule has 108 valence electrons. The molecule has 21 heavy (non-hydrogen) atoms. The molecule has 3 rings (SSSR count). The van der Waals surface area contributed by atoms with E-state index in [2.05, 4.69) is 10.3 Å². The normalized spacial score (nSPS) is 20.5. The van der Waals surface area contributed by atoms with Crippen LogP contribution in [0.4, 0.5) is 8.78 Å². The number of aromatic hydroxyl groups is 2. The lowest BCUT2D eigenvalue weighted by atomic mass is 9.94. The zero-order valence-corrected chi connectivity index (χ0v) is 10.8. The molecule has 0 amide bonds. The summed E-state index contributed by atoms with van der Waals surface area (Å²) in [6.45, 7) is 0. The van der Waals surface area contributed by atoms with Crippen molar-refractivity contribution >= 4 is 6.34 Å². The van der Waals surface area contributed by atoms with Gasteiger partial charge in [-0.15, -0.1) is 0 Å². The minimum Gasteiger partial charge on any atom is -0.508 e. The van der Waals surface area contributed by atoms with Crippen LogP contribution in [0.5, 0.6) is 11.5 Å². The van der Waals surface area contributed by atoms with Gasteiger partial charge < -0.3 is 15.5 Å². The lowest BCUT2D eigenvalue weighted by molar-refractivity contribution is 0.456. The third-order valence-corrected chi connectivity index (χ3v) is 3.43. The largest absolute Gasteiger partial charge is 0.508 e. The molecule has 1 aliphatic heterocycles. The first-order valence-electron chi connectivity index (χ1n) is 6.31. The first-order chi connectivity index (χ1) is 10.1. The van der Waals surface area contributed by atoms with Crippen LogP contribution in [-0.2, 0) is 0 Å². The van der Waals surface area contributed by atoms with E-state index in [4.69, 9.17) is 0 Å². The highest BCUT2D eigenvalue weighted by atomic mass is 19.1. The van der Waals surface area contributed by atoms with Gasteiger partial charge in [0.15, 0.2) is 0 Å². The molecule has 0 fully saturated rings. The molecule has 0 aliphatic carbocycles. The number of hydrogen-bond donors (Lipinski definition) is 3. The molecule has 0 unspecified atom stereocenters. The summed E-state index contributed by atoms with van der Waals surface area (Å²) in [7, 11) is 0. The predicted octanol–water partition coefficient (Wildman–Crippen LogP) is 2.79. The van der Waals surface area contributed by atoms with E-state index < -0.39 is 23.7 Å². The number of aliphatic imine (C=N–C) groups is 1. The highest BCUT2D eigenvalue weighted by Crippen LogP contribution is 2.38. The van der Waals surface area contributed by atoms with E-state index in [1.165, 1.54) is 30.6 Å². The van der Waals surface area contributed by atoms with Crippen LogP contribution in [-0.4, -0.2) is 16.6 Å². The van der Waals surface area contributed by atoms with Crippen molar-refractivity contribution in [3.05, 3.63) is 59.2 Å². The van der Waals surface area contributed by atoms with Gasteiger partial charge in [-0.05, 0) is 12.1 Å². The molecule has 2 aromatic carbocycles.